The van der Waals surface area contributed by atoms with Gasteiger partial charge in [0.1, 0.15) is 0 Å². The Morgan fingerprint density at radius 3 is 2.31 bits per heavy atom. The molecule has 0 saturated heterocycles. The molecule has 4 heteroatoms. The lowest BCUT2D eigenvalue weighted by Crippen LogP contribution is -2.17. The Morgan fingerprint density at radius 1 is 1.31 bits per heavy atom. The van der Waals surface area contributed by atoms with Gasteiger partial charge in [0.25, 0.3) is 0 Å². The lowest BCUT2D eigenvalue weighted by molar-refractivity contribution is 0.163. The predicted molar refractivity (Wildman–Crippen MR) is 50.2 cm³/mol. The zero-order valence-electron chi connectivity index (χ0n) is 7.63. The van der Waals surface area contributed by atoms with Gasteiger partial charge < -0.3 is 4.84 Å². The molecule has 70 valence electrons. The van der Waals surface area contributed by atoms with Gasteiger partial charge in [0.05, 0.1) is 0 Å². The summed E-state index contributed by atoms with van der Waals surface area (Å²) < 4.78 is 0. The summed E-state index contributed by atoms with van der Waals surface area (Å²) in [5.74, 6) is 4.68. The molecule has 0 heterocycles. The molecule has 0 spiro atoms. The van der Waals surface area contributed by atoms with Crippen LogP contribution in [0.4, 0.5) is 10.5 Å². The van der Waals surface area contributed by atoms with Crippen LogP contribution in [-0.2, 0) is 4.84 Å². The lowest BCUT2D eigenvalue weighted by atomic mass is 10.1. The summed E-state index contributed by atoms with van der Waals surface area (Å²) in [6, 6.07) is 5.69. The van der Waals surface area contributed by atoms with Crippen LogP contribution in [0.15, 0.2) is 18.2 Å². The monoisotopic (exact) mass is 180 g/mol. The summed E-state index contributed by atoms with van der Waals surface area (Å²) in [7, 11) is 0. The fourth-order valence-electron chi connectivity index (χ4n) is 1.19. The van der Waals surface area contributed by atoms with Crippen LogP contribution in [0.1, 0.15) is 11.1 Å². The topological polar surface area (TPSA) is 64.3 Å². The Morgan fingerprint density at radius 2 is 1.85 bits per heavy atom. The largest absolute Gasteiger partial charge is 0.430 e. The van der Waals surface area contributed by atoms with Gasteiger partial charge in [-0.3, -0.25) is 5.32 Å². The van der Waals surface area contributed by atoms with Crippen molar-refractivity contribution < 1.29 is 9.63 Å². The summed E-state index contributed by atoms with van der Waals surface area (Å²) in [4.78, 5) is 14.7. The number of benzene rings is 1. The minimum atomic E-state index is -0.662. The van der Waals surface area contributed by atoms with Crippen LogP contribution in [0.25, 0.3) is 0 Å². The third kappa shape index (κ3) is 2.76. The first kappa shape index (κ1) is 9.54. The van der Waals surface area contributed by atoms with Crippen molar-refractivity contribution in [3.63, 3.8) is 0 Å². The fraction of sp³-hybridized carbons (Fsp3) is 0.222. The van der Waals surface area contributed by atoms with Crippen LogP contribution in [-0.4, -0.2) is 6.09 Å². The molecule has 13 heavy (non-hydrogen) atoms. The summed E-state index contributed by atoms with van der Waals surface area (Å²) in [5, 5.41) is 2.49. The number of nitrogens with two attached hydrogens (primary N) is 1. The van der Waals surface area contributed by atoms with Crippen LogP contribution < -0.4 is 11.2 Å². The quantitative estimate of drug-likeness (QED) is 0.647. The average Bonchev–Trinajstić information content (AvgIpc) is 2.02. The Balaban J connectivity index is 2.83. The molecule has 3 N–H and O–H groups in total. The number of aryl methyl sites for hydroxylation is 2. The number of hydrogen-bond acceptors (Lipinski definition) is 3. The van der Waals surface area contributed by atoms with Gasteiger partial charge in [-0.25, -0.2) is 4.79 Å². The molecule has 0 fully saturated rings. The van der Waals surface area contributed by atoms with Gasteiger partial charge in [-0.15, -0.1) is 0 Å². The van der Waals surface area contributed by atoms with E-state index in [1.165, 1.54) is 0 Å². The number of hydrogen-bond donors (Lipinski definition) is 2. The average molecular weight is 180 g/mol. The molecular weight excluding hydrogens is 168 g/mol. The first-order valence-corrected chi connectivity index (χ1v) is 3.88. The molecule has 1 rings (SSSR count). The van der Waals surface area contributed by atoms with Gasteiger partial charge in [-0.05, 0) is 37.1 Å². The molecular formula is C9H12N2O2. The first-order chi connectivity index (χ1) is 6.11. The smallest absolute Gasteiger partial charge is 0.357 e. The van der Waals surface area contributed by atoms with Gasteiger partial charge in [0.2, 0.25) is 0 Å². The number of carbonyl (C=O) groups is 1. The van der Waals surface area contributed by atoms with Gasteiger partial charge >= 0.3 is 6.09 Å². The minimum Gasteiger partial charge on any atom is -0.357 e. The molecule has 0 aromatic heterocycles. The molecule has 0 aliphatic carbocycles. The molecule has 1 amide bonds. The highest BCUT2D eigenvalue weighted by atomic mass is 16.7. The second kappa shape index (κ2) is 3.91. The van der Waals surface area contributed by atoms with Crippen LogP contribution in [0.3, 0.4) is 0 Å². The Bertz CT molecular complexity index is 303. The molecule has 1 aromatic rings. The molecule has 0 aliphatic rings. The van der Waals surface area contributed by atoms with E-state index < -0.39 is 6.09 Å². The van der Waals surface area contributed by atoms with Crippen molar-refractivity contribution in [3.8, 4) is 0 Å². The van der Waals surface area contributed by atoms with Crippen molar-refractivity contribution in [2.45, 2.75) is 13.8 Å². The highest BCUT2D eigenvalue weighted by Crippen LogP contribution is 2.13. The number of anilines is 1. The predicted octanol–water partition coefficient (Wildman–Crippen LogP) is 1.73. The van der Waals surface area contributed by atoms with Gasteiger partial charge in [-0.1, -0.05) is 6.07 Å². The van der Waals surface area contributed by atoms with E-state index in [0.717, 1.165) is 11.1 Å². The Labute approximate surface area is 76.6 Å². The fourth-order valence-corrected chi connectivity index (χ4v) is 1.19. The Hall–Kier alpha value is -1.55. The molecule has 4 nitrogen and oxygen atoms in total. The summed E-state index contributed by atoms with van der Waals surface area (Å²) >= 11 is 0. The van der Waals surface area contributed by atoms with E-state index in [2.05, 4.69) is 16.1 Å². The number of rotatable bonds is 1. The van der Waals surface area contributed by atoms with E-state index in [1.54, 1.807) is 0 Å². The standard InChI is InChI=1S/C9H12N2O2/c1-6-3-7(2)5-8(4-6)11-9(12)13-10/h3-5H,10H2,1-2H3,(H,11,12). The molecule has 0 aliphatic heterocycles. The van der Waals surface area contributed by atoms with Crippen LogP contribution in [0, 0.1) is 13.8 Å². The molecule has 1 aromatic carbocycles. The van der Waals surface area contributed by atoms with E-state index >= 15 is 0 Å². The second-order valence-corrected chi connectivity index (χ2v) is 2.91. The maximum atomic E-state index is 10.7. The lowest BCUT2D eigenvalue weighted by Gasteiger charge is -2.05. The third-order valence-corrected chi connectivity index (χ3v) is 1.58. The maximum absolute atomic E-state index is 10.7. The number of carbonyl (C=O) groups excluding carboxylic acids is 1. The van der Waals surface area contributed by atoms with Crippen molar-refractivity contribution in [3.05, 3.63) is 29.3 Å². The van der Waals surface area contributed by atoms with Gasteiger partial charge in [-0.2, -0.15) is 5.90 Å². The van der Waals surface area contributed by atoms with Gasteiger partial charge in [0.15, 0.2) is 0 Å². The number of amides is 1. The molecule has 0 bridgehead atoms. The van der Waals surface area contributed by atoms with E-state index in [-0.39, 0.29) is 0 Å². The highest BCUT2D eigenvalue weighted by Gasteiger charge is 2.01. The van der Waals surface area contributed by atoms with Gasteiger partial charge in [0, 0.05) is 5.69 Å². The van der Waals surface area contributed by atoms with Crippen molar-refractivity contribution in [2.24, 2.45) is 5.90 Å². The minimum absolute atomic E-state index is 0.662. The van der Waals surface area contributed by atoms with E-state index in [9.17, 15) is 4.79 Å². The summed E-state index contributed by atoms with van der Waals surface area (Å²) in [6.07, 6.45) is -0.662. The van der Waals surface area contributed by atoms with E-state index in [4.69, 9.17) is 0 Å². The normalized spacial score (nSPS) is 9.46. The van der Waals surface area contributed by atoms with E-state index in [1.807, 2.05) is 32.0 Å². The molecule has 0 radical (unpaired) electrons. The summed E-state index contributed by atoms with van der Waals surface area (Å²) in [6.45, 7) is 3.90. The van der Waals surface area contributed by atoms with Crippen LogP contribution >= 0.6 is 0 Å². The molecule has 0 saturated carbocycles. The third-order valence-electron chi connectivity index (χ3n) is 1.58. The second-order valence-electron chi connectivity index (χ2n) is 2.91. The molecule has 0 unspecified atom stereocenters. The zero-order valence-corrected chi connectivity index (χ0v) is 7.63. The Kier molecular flexibility index (Phi) is 2.87. The molecule has 0 atom stereocenters. The van der Waals surface area contributed by atoms with Crippen LogP contribution in [0.2, 0.25) is 0 Å². The summed E-state index contributed by atoms with van der Waals surface area (Å²) in [5.41, 5.74) is 2.84. The highest BCUT2D eigenvalue weighted by molar-refractivity contribution is 5.84. The van der Waals surface area contributed by atoms with Crippen molar-refractivity contribution in [2.75, 3.05) is 5.32 Å². The SMILES string of the molecule is Cc1cc(C)cc(NC(=O)ON)c1. The first-order valence-electron chi connectivity index (χ1n) is 3.88. The van der Waals surface area contributed by atoms with Crippen molar-refractivity contribution in [1.82, 2.24) is 0 Å². The number of nitrogens with one attached hydrogen (secondary N) is 1. The van der Waals surface area contributed by atoms with Crippen LogP contribution in [0.5, 0.6) is 0 Å². The van der Waals surface area contributed by atoms with Crippen molar-refractivity contribution in [1.29, 1.82) is 0 Å². The zero-order chi connectivity index (χ0) is 9.84. The van der Waals surface area contributed by atoms with E-state index in [0.29, 0.717) is 5.69 Å². The van der Waals surface area contributed by atoms with Crippen molar-refractivity contribution >= 4 is 11.8 Å². The maximum Gasteiger partial charge on any atom is 0.430 e.